The molecule has 0 aromatic rings. The van der Waals surface area contributed by atoms with Crippen molar-refractivity contribution < 1.29 is 24.3 Å². The van der Waals surface area contributed by atoms with Gasteiger partial charge in [-0.3, -0.25) is 14.4 Å². The molecule has 8 heteroatoms. The summed E-state index contributed by atoms with van der Waals surface area (Å²) in [6.07, 6.45) is 0. The van der Waals surface area contributed by atoms with Crippen LogP contribution in [-0.2, 0) is 14.4 Å². The van der Waals surface area contributed by atoms with Crippen LogP contribution in [0.3, 0.4) is 0 Å². The molecule has 1 rings (SSSR count). The van der Waals surface area contributed by atoms with E-state index in [4.69, 9.17) is 5.11 Å². The van der Waals surface area contributed by atoms with Crippen LogP contribution in [0.2, 0.25) is 0 Å². The fourth-order valence-corrected chi connectivity index (χ4v) is 0.908. The van der Waals surface area contributed by atoms with Crippen molar-refractivity contribution in [1.29, 1.82) is 0 Å². The highest BCUT2D eigenvalue weighted by molar-refractivity contribution is 5.89. The van der Waals surface area contributed by atoms with Gasteiger partial charge in [0.05, 0.1) is 0 Å². The molecule has 3 amide bonds. The summed E-state index contributed by atoms with van der Waals surface area (Å²) in [6.45, 7) is 1.33. The predicted octanol–water partition coefficient (Wildman–Crippen LogP) is -1.81. The normalized spacial score (nSPS) is 21.7. The number of amides is 3. The van der Waals surface area contributed by atoms with Gasteiger partial charge in [0.1, 0.15) is 18.7 Å². The van der Waals surface area contributed by atoms with Crippen molar-refractivity contribution in [2.45, 2.75) is 19.0 Å². The first-order valence-corrected chi connectivity index (χ1v) is 4.22. The van der Waals surface area contributed by atoms with Gasteiger partial charge in [0.15, 0.2) is 0 Å². The SMILES string of the molecule is CC(NC(=O)NC1CONC1=O)C(=O)O. The Morgan fingerprint density at radius 2 is 2.33 bits per heavy atom. The first kappa shape index (κ1) is 11.2. The molecule has 0 spiro atoms. The Bertz CT molecular complexity index is 292. The van der Waals surface area contributed by atoms with Gasteiger partial charge in [0.2, 0.25) is 0 Å². The summed E-state index contributed by atoms with van der Waals surface area (Å²) >= 11 is 0. The summed E-state index contributed by atoms with van der Waals surface area (Å²) in [6, 6.07) is -2.53. The fraction of sp³-hybridized carbons (Fsp3) is 0.571. The summed E-state index contributed by atoms with van der Waals surface area (Å²) in [5.41, 5.74) is 2.05. The number of carbonyl (C=O) groups excluding carboxylic acids is 2. The molecule has 15 heavy (non-hydrogen) atoms. The fourth-order valence-electron chi connectivity index (χ4n) is 0.908. The number of urea groups is 1. The number of hydrogen-bond donors (Lipinski definition) is 4. The Balaban J connectivity index is 2.35. The monoisotopic (exact) mass is 217 g/mol. The van der Waals surface area contributed by atoms with Crippen molar-refractivity contribution in [3.05, 3.63) is 0 Å². The van der Waals surface area contributed by atoms with Crippen LogP contribution in [0.4, 0.5) is 4.79 Å². The molecule has 1 aliphatic heterocycles. The largest absolute Gasteiger partial charge is 0.480 e. The number of hydroxylamine groups is 1. The molecule has 4 N–H and O–H groups in total. The zero-order valence-corrected chi connectivity index (χ0v) is 7.94. The van der Waals surface area contributed by atoms with Crippen molar-refractivity contribution in [2.75, 3.05) is 6.61 Å². The Morgan fingerprint density at radius 1 is 1.67 bits per heavy atom. The molecule has 0 aromatic heterocycles. The van der Waals surface area contributed by atoms with Gasteiger partial charge >= 0.3 is 12.0 Å². The molecule has 1 saturated heterocycles. The minimum Gasteiger partial charge on any atom is -0.480 e. The highest BCUT2D eigenvalue weighted by Crippen LogP contribution is 1.93. The predicted molar refractivity (Wildman–Crippen MR) is 46.6 cm³/mol. The molecule has 1 heterocycles. The van der Waals surface area contributed by atoms with Gasteiger partial charge in [-0.15, -0.1) is 0 Å². The topological polar surface area (TPSA) is 117 Å². The average molecular weight is 217 g/mol. The van der Waals surface area contributed by atoms with E-state index in [0.29, 0.717) is 0 Å². The van der Waals surface area contributed by atoms with Crippen LogP contribution in [0.15, 0.2) is 0 Å². The first-order valence-electron chi connectivity index (χ1n) is 4.22. The van der Waals surface area contributed by atoms with E-state index in [1.165, 1.54) is 6.92 Å². The van der Waals surface area contributed by atoms with E-state index < -0.39 is 30.0 Å². The van der Waals surface area contributed by atoms with Crippen LogP contribution in [0, 0.1) is 0 Å². The molecule has 8 nitrogen and oxygen atoms in total. The summed E-state index contributed by atoms with van der Waals surface area (Å²) in [5.74, 6) is -1.62. The molecule has 0 bridgehead atoms. The van der Waals surface area contributed by atoms with Crippen LogP contribution >= 0.6 is 0 Å². The van der Waals surface area contributed by atoms with E-state index in [0.717, 1.165) is 0 Å². The van der Waals surface area contributed by atoms with E-state index in [1.807, 2.05) is 0 Å². The zero-order valence-electron chi connectivity index (χ0n) is 7.94. The second kappa shape index (κ2) is 4.60. The maximum atomic E-state index is 11.1. The summed E-state index contributed by atoms with van der Waals surface area (Å²) in [4.78, 5) is 37.0. The van der Waals surface area contributed by atoms with Crippen LogP contribution in [-0.4, -0.2) is 41.7 Å². The summed E-state index contributed by atoms with van der Waals surface area (Å²) < 4.78 is 0. The van der Waals surface area contributed by atoms with E-state index in [1.54, 1.807) is 0 Å². The van der Waals surface area contributed by atoms with E-state index in [2.05, 4.69) is 21.0 Å². The third-order valence-electron chi connectivity index (χ3n) is 1.76. The lowest BCUT2D eigenvalue weighted by Gasteiger charge is -2.12. The molecule has 0 saturated carbocycles. The Labute approximate surface area is 84.9 Å². The number of carboxylic acid groups (broad SMARTS) is 1. The Morgan fingerprint density at radius 3 is 2.80 bits per heavy atom. The summed E-state index contributed by atoms with van der Waals surface area (Å²) in [5, 5.41) is 12.9. The van der Waals surface area contributed by atoms with Crippen LogP contribution in [0.1, 0.15) is 6.92 Å². The first-order chi connectivity index (χ1) is 7.00. The average Bonchev–Trinajstić information content (AvgIpc) is 2.51. The molecule has 2 atom stereocenters. The molecule has 0 radical (unpaired) electrons. The maximum Gasteiger partial charge on any atom is 0.325 e. The van der Waals surface area contributed by atoms with Gasteiger partial charge in [-0.05, 0) is 6.92 Å². The van der Waals surface area contributed by atoms with Crippen LogP contribution in [0.25, 0.3) is 0 Å². The second-order valence-electron chi connectivity index (χ2n) is 3.01. The van der Waals surface area contributed by atoms with Gasteiger partial charge < -0.3 is 15.7 Å². The van der Waals surface area contributed by atoms with Gasteiger partial charge in [0.25, 0.3) is 5.91 Å². The zero-order chi connectivity index (χ0) is 11.4. The molecule has 1 fully saturated rings. The lowest BCUT2D eigenvalue weighted by Crippen LogP contribution is -2.50. The van der Waals surface area contributed by atoms with Gasteiger partial charge in [-0.1, -0.05) is 0 Å². The molecular formula is C7H11N3O5. The minimum atomic E-state index is -1.16. The highest BCUT2D eigenvalue weighted by Gasteiger charge is 2.27. The third kappa shape index (κ3) is 3.09. The Kier molecular flexibility index (Phi) is 3.45. The van der Waals surface area contributed by atoms with Crippen molar-refractivity contribution in [3.8, 4) is 0 Å². The smallest absolute Gasteiger partial charge is 0.325 e. The van der Waals surface area contributed by atoms with E-state index in [9.17, 15) is 14.4 Å². The molecule has 1 aliphatic rings. The Hall–Kier alpha value is -1.83. The number of aliphatic carboxylic acids is 1. The third-order valence-corrected chi connectivity index (χ3v) is 1.76. The number of rotatable bonds is 3. The van der Waals surface area contributed by atoms with Crippen molar-refractivity contribution >= 4 is 17.9 Å². The van der Waals surface area contributed by atoms with Crippen molar-refractivity contribution in [2.24, 2.45) is 0 Å². The van der Waals surface area contributed by atoms with Gasteiger partial charge in [0, 0.05) is 0 Å². The molecule has 0 aromatic carbocycles. The second-order valence-corrected chi connectivity index (χ2v) is 3.01. The molecule has 2 unspecified atom stereocenters. The highest BCUT2D eigenvalue weighted by atomic mass is 16.7. The van der Waals surface area contributed by atoms with E-state index in [-0.39, 0.29) is 6.61 Å². The number of carbonyl (C=O) groups is 3. The van der Waals surface area contributed by atoms with Crippen LogP contribution < -0.4 is 16.1 Å². The molecule has 0 aliphatic carbocycles. The number of hydrogen-bond acceptors (Lipinski definition) is 4. The number of nitrogens with one attached hydrogen (secondary N) is 3. The maximum absolute atomic E-state index is 11.1. The molecular weight excluding hydrogens is 206 g/mol. The van der Waals surface area contributed by atoms with Crippen molar-refractivity contribution in [1.82, 2.24) is 16.1 Å². The minimum absolute atomic E-state index is 0.0215. The van der Waals surface area contributed by atoms with Gasteiger partial charge in [-0.25, -0.2) is 10.3 Å². The lowest BCUT2D eigenvalue weighted by molar-refractivity contribution is -0.138. The van der Waals surface area contributed by atoms with Crippen molar-refractivity contribution in [3.63, 3.8) is 0 Å². The standard InChI is InChI=1S/C7H11N3O5/c1-3(6(12)13)8-7(14)9-4-2-15-10-5(4)11/h3-4H,2H2,1H3,(H,10,11)(H,12,13)(H2,8,9,14). The van der Waals surface area contributed by atoms with Gasteiger partial charge in [-0.2, -0.15) is 0 Å². The van der Waals surface area contributed by atoms with Crippen LogP contribution in [0.5, 0.6) is 0 Å². The quantitative estimate of drug-likeness (QED) is 0.444. The van der Waals surface area contributed by atoms with E-state index >= 15 is 0 Å². The lowest BCUT2D eigenvalue weighted by atomic mass is 10.3. The number of carboxylic acids is 1. The summed E-state index contributed by atoms with van der Waals surface area (Å²) in [7, 11) is 0. The molecule has 84 valence electrons.